The van der Waals surface area contributed by atoms with Gasteiger partial charge in [-0.05, 0) is 90.4 Å². The number of likely N-dealkylation sites (tertiary alicyclic amines) is 1. The third kappa shape index (κ3) is 7.72. The van der Waals surface area contributed by atoms with Crippen molar-refractivity contribution in [2.24, 2.45) is 21.7 Å². The summed E-state index contributed by atoms with van der Waals surface area (Å²) in [5, 5.41) is 8.48. The molecule has 226 valence electrons. The number of nitrogens with zero attached hydrogens (tertiary/aromatic N) is 3. The largest absolute Gasteiger partial charge is 0.461 e. The van der Waals surface area contributed by atoms with E-state index < -0.39 is 23.5 Å². The second kappa shape index (κ2) is 14.4. The Hall–Kier alpha value is -2.82. The Bertz CT molecular complexity index is 1120. The van der Waals surface area contributed by atoms with Gasteiger partial charge < -0.3 is 15.0 Å². The van der Waals surface area contributed by atoms with Crippen LogP contribution in [-0.4, -0.2) is 58.4 Å². The molecule has 1 aromatic rings. The summed E-state index contributed by atoms with van der Waals surface area (Å²) in [4.78, 5) is 64.5. The number of carbonyl (C=O) groups excluding carboxylic acids is 3. The van der Waals surface area contributed by atoms with Crippen molar-refractivity contribution in [1.82, 2.24) is 10.2 Å². The van der Waals surface area contributed by atoms with Gasteiger partial charge in [0, 0.05) is 12.1 Å². The molecule has 1 aromatic carbocycles. The predicted molar refractivity (Wildman–Crippen MR) is 161 cm³/mol. The molecule has 2 aliphatic rings. The van der Waals surface area contributed by atoms with Crippen molar-refractivity contribution in [3.63, 3.8) is 0 Å². The van der Waals surface area contributed by atoms with E-state index in [0.717, 1.165) is 25.7 Å². The normalized spacial score (nSPS) is 20.1. The summed E-state index contributed by atoms with van der Waals surface area (Å²) >= 11 is 1.70. The monoisotopic (exact) mass is 588 g/mol. The second-order valence-corrected chi connectivity index (χ2v) is 13.2. The van der Waals surface area contributed by atoms with Gasteiger partial charge in [0.05, 0.1) is 6.10 Å². The van der Waals surface area contributed by atoms with Gasteiger partial charge in [-0.3, -0.25) is 9.59 Å². The molecule has 3 atom stereocenters. The third-order valence-corrected chi connectivity index (χ3v) is 9.90. The van der Waals surface area contributed by atoms with E-state index >= 15 is 0 Å². The number of nitrogens with one attached hydrogen (secondary N) is 1. The van der Waals surface area contributed by atoms with Crippen molar-refractivity contribution >= 4 is 40.9 Å². The van der Waals surface area contributed by atoms with E-state index in [1.165, 1.54) is 18.2 Å². The van der Waals surface area contributed by atoms with Gasteiger partial charge in [0.1, 0.15) is 23.0 Å². The molecule has 0 spiro atoms. The molecule has 2 saturated heterocycles. The first-order chi connectivity index (χ1) is 19.5. The summed E-state index contributed by atoms with van der Waals surface area (Å²) in [6, 6.07) is 3.13. The number of benzene rings is 1. The number of hydrogen-bond acceptors (Lipinski definition) is 9. The van der Waals surface area contributed by atoms with Crippen LogP contribution in [0.4, 0.5) is 11.4 Å². The quantitative estimate of drug-likeness (QED) is 0.201. The number of amides is 2. The number of rotatable bonds is 13. The molecule has 2 heterocycles. The molecule has 0 aliphatic carbocycles. The zero-order valence-corrected chi connectivity index (χ0v) is 25.8. The topological polar surface area (TPSA) is 135 Å². The van der Waals surface area contributed by atoms with Crippen LogP contribution in [0.5, 0.6) is 0 Å². The minimum Gasteiger partial charge on any atom is -0.461 e. The van der Waals surface area contributed by atoms with Gasteiger partial charge in [0.2, 0.25) is 5.91 Å². The highest BCUT2D eigenvalue weighted by molar-refractivity contribution is 7.99. The van der Waals surface area contributed by atoms with Crippen molar-refractivity contribution in [2.75, 3.05) is 18.1 Å². The first-order valence-corrected chi connectivity index (χ1v) is 15.9. The van der Waals surface area contributed by atoms with Gasteiger partial charge in [0.15, 0.2) is 0 Å². The molecule has 3 rings (SSSR count). The Labute approximate surface area is 247 Å². The van der Waals surface area contributed by atoms with Crippen molar-refractivity contribution in [3.8, 4) is 0 Å². The Morgan fingerprint density at radius 3 is 2.44 bits per heavy atom. The average molecular weight is 589 g/mol. The minimum atomic E-state index is -1.19. The number of esters is 1. The van der Waals surface area contributed by atoms with Crippen LogP contribution in [0.15, 0.2) is 28.6 Å². The maximum atomic E-state index is 14.1. The molecular formula is C30H44N4O6S. The zero-order chi connectivity index (χ0) is 30.2. The molecule has 41 heavy (non-hydrogen) atoms. The van der Waals surface area contributed by atoms with Gasteiger partial charge in [-0.1, -0.05) is 47.0 Å². The van der Waals surface area contributed by atoms with Crippen molar-refractivity contribution in [2.45, 2.75) is 104 Å². The highest BCUT2D eigenvalue weighted by atomic mass is 32.2. The maximum absolute atomic E-state index is 14.1. The van der Waals surface area contributed by atoms with Crippen molar-refractivity contribution in [3.05, 3.63) is 33.6 Å². The van der Waals surface area contributed by atoms with E-state index in [0.29, 0.717) is 49.7 Å². The maximum Gasteiger partial charge on any atom is 0.329 e. The SMILES string of the molecule is CCCC(CC(C)OC(=O)C1CCCN1C(=O)C1(NC(=O)c2ccc(N=O)c(N=O)c2)CCSCC1)C(C)(C)CC. The summed E-state index contributed by atoms with van der Waals surface area (Å²) in [5.41, 5.74) is -1.36. The molecule has 0 saturated carbocycles. The lowest BCUT2D eigenvalue weighted by atomic mass is 9.72. The predicted octanol–water partition coefficient (Wildman–Crippen LogP) is 6.64. The van der Waals surface area contributed by atoms with Gasteiger partial charge in [-0.25, -0.2) is 4.79 Å². The van der Waals surface area contributed by atoms with Crippen LogP contribution in [0.3, 0.4) is 0 Å². The van der Waals surface area contributed by atoms with E-state index in [1.54, 1.807) is 16.7 Å². The van der Waals surface area contributed by atoms with Crippen LogP contribution in [0.2, 0.25) is 0 Å². The van der Waals surface area contributed by atoms with E-state index in [-0.39, 0.29) is 34.4 Å². The Morgan fingerprint density at radius 2 is 1.83 bits per heavy atom. The van der Waals surface area contributed by atoms with Crippen LogP contribution in [-0.2, 0) is 14.3 Å². The molecule has 2 aliphatic heterocycles. The number of nitroso groups, excluding NO2 is 2. The van der Waals surface area contributed by atoms with E-state index in [4.69, 9.17) is 4.74 Å². The van der Waals surface area contributed by atoms with Gasteiger partial charge in [0.25, 0.3) is 5.91 Å². The molecule has 0 aromatic heterocycles. The highest BCUT2D eigenvalue weighted by Crippen LogP contribution is 2.38. The van der Waals surface area contributed by atoms with Gasteiger partial charge in [-0.2, -0.15) is 11.8 Å². The first-order valence-electron chi connectivity index (χ1n) is 14.7. The van der Waals surface area contributed by atoms with Crippen LogP contribution in [0.25, 0.3) is 0 Å². The van der Waals surface area contributed by atoms with E-state index in [2.05, 4.69) is 43.4 Å². The zero-order valence-electron chi connectivity index (χ0n) is 24.9. The smallest absolute Gasteiger partial charge is 0.329 e. The molecule has 10 nitrogen and oxygen atoms in total. The summed E-state index contributed by atoms with van der Waals surface area (Å²) < 4.78 is 5.95. The highest BCUT2D eigenvalue weighted by Gasteiger charge is 2.48. The fraction of sp³-hybridized carbons (Fsp3) is 0.700. The molecule has 2 fully saturated rings. The summed E-state index contributed by atoms with van der Waals surface area (Å²) in [7, 11) is 0. The van der Waals surface area contributed by atoms with Gasteiger partial charge in [-0.15, -0.1) is 9.81 Å². The van der Waals surface area contributed by atoms with Crippen molar-refractivity contribution in [1.29, 1.82) is 0 Å². The fourth-order valence-electron chi connectivity index (χ4n) is 5.94. The number of ether oxygens (including phenoxy) is 1. The fourth-order valence-corrected chi connectivity index (χ4v) is 7.13. The Kier molecular flexibility index (Phi) is 11.5. The summed E-state index contributed by atoms with van der Waals surface area (Å²) in [6.45, 7) is 11.2. The molecule has 11 heteroatoms. The van der Waals surface area contributed by atoms with Crippen molar-refractivity contribution < 1.29 is 19.1 Å². The van der Waals surface area contributed by atoms with Crippen LogP contribution in [0, 0.1) is 21.1 Å². The Balaban J connectivity index is 1.76. The third-order valence-electron chi connectivity index (χ3n) is 8.92. The standard InChI is InChI=1S/C30H44N4O6S/c1-6-9-22(29(4,5)7-2)18-20(3)40-27(36)25-10-8-15-34(25)28(37)30(13-16-41-17-14-30)31-26(35)21-11-12-23(32-38)24(19-21)33-39/h11-12,19-20,22,25H,6-10,13-18H2,1-5H3,(H,31,35). The van der Waals surface area contributed by atoms with Crippen LogP contribution >= 0.6 is 11.8 Å². The molecule has 0 bridgehead atoms. The first kappa shape index (κ1) is 32.7. The average Bonchev–Trinajstić information content (AvgIpc) is 3.46. The van der Waals surface area contributed by atoms with Crippen LogP contribution in [0.1, 0.15) is 96.3 Å². The summed E-state index contributed by atoms with van der Waals surface area (Å²) in [5.74, 6) is 0.541. The molecule has 1 N–H and O–H groups in total. The number of hydrogen-bond donors (Lipinski definition) is 1. The lowest BCUT2D eigenvalue weighted by molar-refractivity contribution is -0.160. The molecule has 0 radical (unpaired) electrons. The second-order valence-electron chi connectivity index (χ2n) is 12.0. The van der Waals surface area contributed by atoms with E-state index in [1.807, 2.05) is 6.92 Å². The molecular weight excluding hydrogens is 544 g/mol. The lowest BCUT2D eigenvalue weighted by Crippen LogP contribution is -2.62. The lowest BCUT2D eigenvalue weighted by Gasteiger charge is -2.40. The Morgan fingerprint density at radius 1 is 1.15 bits per heavy atom. The van der Waals surface area contributed by atoms with Gasteiger partial charge >= 0.3 is 5.97 Å². The van der Waals surface area contributed by atoms with Crippen LogP contribution < -0.4 is 5.32 Å². The number of thioether (sulfide) groups is 1. The van der Waals surface area contributed by atoms with E-state index in [9.17, 15) is 24.2 Å². The number of carbonyl (C=O) groups is 3. The molecule has 2 amide bonds. The minimum absolute atomic E-state index is 0.0974. The molecule has 3 unspecified atom stereocenters. The summed E-state index contributed by atoms with van der Waals surface area (Å²) in [6.07, 6.45) is 5.69.